The Bertz CT molecular complexity index is 970. The molecule has 2 atom stereocenters. The average Bonchev–Trinajstić information content (AvgIpc) is 3.50. The van der Waals surface area contributed by atoms with Gasteiger partial charge in [0.05, 0.1) is 24.4 Å². The fourth-order valence-electron chi connectivity index (χ4n) is 3.39. The minimum absolute atomic E-state index is 0.0300. The first-order valence-corrected chi connectivity index (χ1v) is 11.7. The summed E-state index contributed by atoms with van der Waals surface area (Å²) < 4.78 is 21.1. The zero-order valence-electron chi connectivity index (χ0n) is 16.6. The van der Waals surface area contributed by atoms with Crippen LogP contribution >= 0.6 is 23.1 Å². The highest BCUT2D eigenvalue weighted by atomic mass is 32.2. The van der Waals surface area contributed by atoms with Gasteiger partial charge in [-0.1, -0.05) is 17.8 Å². The largest absolute Gasteiger partial charge is 0.376 e. The van der Waals surface area contributed by atoms with Gasteiger partial charge in [0.1, 0.15) is 5.82 Å². The number of nitrogens with zero attached hydrogens (tertiary/aromatic N) is 3. The van der Waals surface area contributed by atoms with E-state index in [0.29, 0.717) is 17.5 Å². The second-order valence-electron chi connectivity index (χ2n) is 7.15. The lowest BCUT2D eigenvalue weighted by Gasteiger charge is -2.15. The topological polar surface area (TPSA) is 69.0 Å². The standard InChI is InChI=1S/C21H23FN4O2S2/c1-14(18-5-3-11-29-18)23-19(27)13-30-21-25-24-20(15-6-8-16(22)9-7-15)26(21)12-17-4-2-10-28-17/h3,5-9,11,14,17H,2,4,10,12-13H2,1H3,(H,23,27)/t14-,17-/m1/s1. The molecule has 0 spiro atoms. The van der Waals surface area contributed by atoms with Crippen molar-refractivity contribution in [2.24, 2.45) is 0 Å². The van der Waals surface area contributed by atoms with Gasteiger partial charge in [0.15, 0.2) is 11.0 Å². The molecule has 0 radical (unpaired) electrons. The molecule has 0 saturated carbocycles. The molecule has 0 bridgehead atoms. The molecule has 1 amide bonds. The number of amides is 1. The second-order valence-corrected chi connectivity index (χ2v) is 9.07. The van der Waals surface area contributed by atoms with Crippen LogP contribution < -0.4 is 5.32 Å². The number of thiophene rings is 1. The van der Waals surface area contributed by atoms with E-state index in [-0.39, 0.29) is 29.6 Å². The molecule has 6 nitrogen and oxygen atoms in total. The average molecular weight is 447 g/mol. The molecule has 1 saturated heterocycles. The van der Waals surface area contributed by atoms with Crippen LogP contribution in [0.1, 0.15) is 30.7 Å². The molecule has 0 unspecified atom stereocenters. The Morgan fingerprint density at radius 3 is 2.90 bits per heavy atom. The van der Waals surface area contributed by atoms with Crippen molar-refractivity contribution in [3.8, 4) is 11.4 Å². The van der Waals surface area contributed by atoms with Crippen molar-refractivity contribution in [1.29, 1.82) is 0 Å². The Morgan fingerprint density at radius 2 is 2.20 bits per heavy atom. The fraction of sp³-hybridized carbons (Fsp3) is 0.381. The minimum Gasteiger partial charge on any atom is -0.376 e. The highest BCUT2D eigenvalue weighted by Crippen LogP contribution is 2.27. The lowest BCUT2D eigenvalue weighted by molar-refractivity contribution is -0.119. The Hall–Kier alpha value is -2.23. The van der Waals surface area contributed by atoms with Crippen LogP contribution in [0.5, 0.6) is 0 Å². The number of aromatic nitrogens is 3. The fourth-order valence-corrected chi connectivity index (χ4v) is 4.88. The number of carbonyl (C=O) groups is 1. The maximum Gasteiger partial charge on any atom is 0.230 e. The summed E-state index contributed by atoms with van der Waals surface area (Å²) in [6, 6.07) is 10.2. The van der Waals surface area contributed by atoms with Gasteiger partial charge in [-0.25, -0.2) is 4.39 Å². The van der Waals surface area contributed by atoms with Crippen LogP contribution in [-0.2, 0) is 16.1 Å². The molecule has 2 aromatic heterocycles. The summed E-state index contributed by atoms with van der Waals surface area (Å²) in [6.07, 6.45) is 2.10. The molecule has 30 heavy (non-hydrogen) atoms. The molecular weight excluding hydrogens is 423 g/mol. The SMILES string of the molecule is C[C@@H](NC(=O)CSc1nnc(-c2ccc(F)cc2)n1C[C@H]1CCCO1)c1cccs1. The summed E-state index contributed by atoms with van der Waals surface area (Å²) in [5.74, 6) is 0.536. The number of carbonyl (C=O) groups excluding carboxylic acids is 1. The van der Waals surface area contributed by atoms with Crippen molar-refractivity contribution in [1.82, 2.24) is 20.1 Å². The van der Waals surface area contributed by atoms with Gasteiger partial charge in [-0.05, 0) is 55.5 Å². The number of benzene rings is 1. The van der Waals surface area contributed by atoms with Crippen molar-refractivity contribution in [2.45, 2.75) is 43.6 Å². The van der Waals surface area contributed by atoms with Crippen molar-refractivity contribution in [2.75, 3.05) is 12.4 Å². The third-order valence-corrected chi connectivity index (χ3v) is 6.93. The lowest BCUT2D eigenvalue weighted by atomic mass is 10.2. The molecule has 3 heterocycles. The van der Waals surface area contributed by atoms with Crippen molar-refractivity contribution >= 4 is 29.0 Å². The van der Waals surface area contributed by atoms with Crippen LogP contribution in [0, 0.1) is 5.82 Å². The zero-order valence-corrected chi connectivity index (χ0v) is 18.2. The summed E-state index contributed by atoms with van der Waals surface area (Å²) in [6.45, 7) is 3.33. The highest BCUT2D eigenvalue weighted by Gasteiger charge is 2.22. The molecule has 9 heteroatoms. The quantitative estimate of drug-likeness (QED) is 0.523. The smallest absolute Gasteiger partial charge is 0.230 e. The highest BCUT2D eigenvalue weighted by molar-refractivity contribution is 7.99. The predicted octanol–water partition coefficient (Wildman–Crippen LogP) is 4.29. The molecule has 1 fully saturated rings. The molecule has 1 N–H and O–H groups in total. The van der Waals surface area contributed by atoms with Gasteiger partial charge in [0.25, 0.3) is 0 Å². The Kier molecular flexibility index (Phi) is 6.81. The van der Waals surface area contributed by atoms with E-state index >= 15 is 0 Å². The summed E-state index contributed by atoms with van der Waals surface area (Å²) in [5, 5.41) is 14.3. The zero-order chi connectivity index (χ0) is 20.9. The minimum atomic E-state index is -0.296. The van der Waals surface area contributed by atoms with E-state index in [4.69, 9.17) is 4.74 Å². The third kappa shape index (κ3) is 5.08. The van der Waals surface area contributed by atoms with Crippen molar-refractivity contribution in [3.63, 3.8) is 0 Å². The van der Waals surface area contributed by atoms with Crippen LogP contribution in [0.15, 0.2) is 46.9 Å². The van der Waals surface area contributed by atoms with E-state index in [1.165, 1.54) is 23.9 Å². The van der Waals surface area contributed by atoms with Crippen LogP contribution in [0.4, 0.5) is 4.39 Å². The maximum atomic E-state index is 13.3. The van der Waals surface area contributed by atoms with Crippen molar-refractivity contribution < 1.29 is 13.9 Å². The number of hydrogen-bond donors (Lipinski definition) is 1. The number of rotatable bonds is 8. The molecule has 158 valence electrons. The van der Waals surface area contributed by atoms with E-state index in [0.717, 1.165) is 29.9 Å². The van der Waals surface area contributed by atoms with Crippen LogP contribution in [0.25, 0.3) is 11.4 Å². The van der Waals surface area contributed by atoms with Crippen LogP contribution in [-0.4, -0.2) is 39.1 Å². The van der Waals surface area contributed by atoms with Crippen molar-refractivity contribution in [3.05, 3.63) is 52.5 Å². The number of ether oxygens (including phenoxy) is 1. The molecule has 4 rings (SSSR count). The summed E-state index contributed by atoms with van der Waals surface area (Å²) >= 11 is 2.97. The maximum absolute atomic E-state index is 13.3. The second kappa shape index (κ2) is 9.72. The van der Waals surface area contributed by atoms with Gasteiger partial charge in [-0.3, -0.25) is 9.36 Å². The van der Waals surface area contributed by atoms with Gasteiger partial charge in [-0.2, -0.15) is 0 Å². The molecule has 0 aliphatic carbocycles. The molecule has 3 aromatic rings. The van der Waals surface area contributed by atoms with Gasteiger partial charge in [0.2, 0.25) is 5.91 Å². The van der Waals surface area contributed by atoms with E-state index in [1.807, 2.05) is 29.0 Å². The summed E-state index contributed by atoms with van der Waals surface area (Å²) in [7, 11) is 0. The first kappa shape index (κ1) is 21.0. The Morgan fingerprint density at radius 1 is 1.37 bits per heavy atom. The van der Waals surface area contributed by atoms with Gasteiger partial charge in [-0.15, -0.1) is 21.5 Å². The first-order chi connectivity index (χ1) is 14.6. The van der Waals surface area contributed by atoms with E-state index < -0.39 is 0 Å². The van der Waals surface area contributed by atoms with Gasteiger partial charge in [0, 0.05) is 17.0 Å². The molecular formula is C21H23FN4O2S2. The van der Waals surface area contributed by atoms with Gasteiger partial charge >= 0.3 is 0 Å². The van der Waals surface area contributed by atoms with Crippen LogP contribution in [0.3, 0.4) is 0 Å². The number of hydrogen-bond acceptors (Lipinski definition) is 6. The third-order valence-electron chi connectivity index (χ3n) is 4.91. The van der Waals surface area contributed by atoms with E-state index in [9.17, 15) is 9.18 Å². The molecule has 1 aromatic carbocycles. The number of halogens is 1. The lowest BCUT2D eigenvalue weighted by Crippen LogP contribution is -2.28. The Balaban J connectivity index is 1.47. The first-order valence-electron chi connectivity index (χ1n) is 9.86. The van der Waals surface area contributed by atoms with Gasteiger partial charge < -0.3 is 10.1 Å². The predicted molar refractivity (Wildman–Crippen MR) is 116 cm³/mol. The van der Waals surface area contributed by atoms with E-state index in [2.05, 4.69) is 15.5 Å². The molecule has 1 aliphatic heterocycles. The number of nitrogens with one attached hydrogen (secondary N) is 1. The summed E-state index contributed by atoms with van der Waals surface area (Å²) in [5.41, 5.74) is 0.782. The Labute approximate surface area is 182 Å². The summed E-state index contributed by atoms with van der Waals surface area (Å²) in [4.78, 5) is 13.6. The number of thioether (sulfide) groups is 1. The monoisotopic (exact) mass is 446 g/mol. The van der Waals surface area contributed by atoms with Crippen LogP contribution in [0.2, 0.25) is 0 Å². The molecule has 1 aliphatic rings. The normalized spacial score (nSPS) is 17.2. The van der Waals surface area contributed by atoms with E-state index in [1.54, 1.807) is 23.5 Å².